The van der Waals surface area contributed by atoms with Crippen molar-refractivity contribution in [2.45, 2.75) is 24.9 Å². The van der Waals surface area contributed by atoms with Crippen molar-refractivity contribution >= 4 is 52.1 Å². The Hall–Kier alpha value is -3.60. The van der Waals surface area contributed by atoms with Crippen molar-refractivity contribution < 1.29 is 24.4 Å². The average Bonchev–Trinajstić information content (AvgIpc) is 3.49. The molecule has 2 aliphatic heterocycles. The summed E-state index contributed by atoms with van der Waals surface area (Å²) in [5.41, 5.74) is -0.358. The van der Waals surface area contributed by atoms with Crippen molar-refractivity contribution in [2.75, 3.05) is 4.90 Å². The molecule has 5 rings (SSSR count). The molecule has 4 unspecified atom stereocenters. The van der Waals surface area contributed by atoms with E-state index in [2.05, 4.69) is 5.32 Å². The van der Waals surface area contributed by atoms with Gasteiger partial charge in [-0.2, -0.15) is 0 Å². The maximum atomic E-state index is 13.9. The van der Waals surface area contributed by atoms with Crippen LogP contribution in [0.5, 0.6) is 0 Å². The summed E-state index contributed by atoms with van der Waals surface area (Å²) in [5.74, 6) is -4.53. The molecule has 1 aromatic heterocycles. The van der Waals surface area contributed by atoms with Gasteiger partial charge in [0.2, 0.25) is 11.8 Å². The summed E-state index contributed by atoms with van der Waals surface area (Å²) in [7, 11) is 0. The Labute approximate surface area is 214 Å². The first-order chi connectivity index (χ1) is 17.1. The van der Waals surface area contributed by atoms with Gasteiger partial charge in [0.1, 0.15) is 5.54 Å². The molecule has 36 heavy (non-hydrogen) atoms. The lowest BCUT2D eigenvalue weighted by Gasteiger charge is -2.31. The molecule has 2 saturated heterocycles. The maximum Gasteiger partial charge on any atom is 0.325 e. The standard InChI is InChI=1S/C25H20ClN3O6S/c1-13-4-2-3-5-16(13)28-22(30)19-20(23(28)31)25(24(32)33,27-21(19)17-10-11-18(26)36-17)12-14-6-8-15(9-7-14)29(34)35/h2-11,19-21,27H,12H2,1H3,(H,32,33). The fourth-order valence-electron chi connectivity index (χ4n) is 5.29. The van der Waals surface area contributed by atoms with Gasteiger partial charge in [-0.1, -0.05) is 41.9 Å². The van der Waals surface area contributed by atoms with E-state index in [-0.39, 0.29) is 12.1 Å². The Kier molecular flexibility index (Phi) is 5.90. The number of nitro groups is 1. The number of carboxylic acids is 1. The number of para-hydroxylation sites is 1. The van der Waals surface area contributed by atoms with Crippen LogP contribution in [-0.2, 0) is 20.8 Å². The van der Waals surface area contributed by atoms with Gasteiger partial charge in [-0.15, -0.1) is 11.3 Å². The molecular weight excluding hydrogens is 506 g/mol. The van der Waals surface area contributed by atoms with Crippen LogP contribution in [0.4, 0.5) is 11.4 Å². The molecule has 0 bridgehead atoms. The van der Waals surface area contributed by atoms with Gasteiger partial charge < -0.3 is 5.11 Å². The van der Waals surface area contributed by atoms with E-state index in [0.29, 0.717) is 26.0 Å². The van der Waals surface area contributed by atoms with Crippen molar-refractivity contribution in [1.82, 2.24) is 5.32 Å². The molecule has 11 heteroatoms. The Balaban J connectivity index is 1.64. The number of imide groups is 1. The van der Waals surface area contributed by atoms with Crippen LogP contribution in [-0.4, -0.2) is 33.4 Å². The lowest BCUT2D eigenvalue weighted by Crippen LogP contribution is -2.57. The number of anilines is 1. The minimum atomic E-state index is -1.83. The van der Waals surface area contributed by atoms with E-state index >= 15 is 0 Å². The van der Waals surface area contributed by atoms with Gasteiger partial charge in [0.15, 0.2) is 0 Å². The predicted molar refractivity (Wildman–Crippen MR) is 133 cm³/mol. The second kappa shape index (κ2) is 8.81. The molecule has 3 heterocycles. The van der Waals surface area contributed by atoms with Crippen molar-refractivity contribution in [1.29, 1.82) is 0 Å². The maximum absolute atomic E-state index is 13.9. The highest BCUT2D eigenvalue weighted by molar-refractivity contribution is 7.16. The SMILES string of the molecule is Cc1ccccc1N1C(=O)C2C(c3ccc(Cl)s3)NC(Cc3ccc([N+](=O)[O-])cc3)(C(=O)O)C2C1=O. The molecular formula is C25H20ClN3O6S. The zero-order valence-electron chi connectivity index (χ0n) is 18.9. The van der Waals surface area contributed by atoms with Gasteiger partial charge in [0, 0.05) is 23.4 Å². The number of fused-ring (bicyclic) bond motifs is 1. The minimum absolute atomic E-state index is 0.135. The smallest absolute Gasteiger partial charge is 0.325 e. The van der Waals surface area contributed by atoms with Gasteiger partial charge in [-0.3, -0.25) is 29.8 Å². The minimum Gasteiger partial charge on any atom is -0.480 e. The molecule has 2 fully saturated rings. The monoisotopic (exact) mass is 525 g/mol. The van der Waals surface area contributed by atoms with E-state index in [9.17, 15) is 29.6 Å². The van der Waals surface area contributed by atoms with Crippen LogP contribution in [0.2, 0.25) is 4.34 Å². The number of carboxylic acid groups (broad SMARTS) is 1. The third kappa shape index (κ3) is 3.69. The number of non-ortho nitro benzene ring substituents is 1. The zero-order chi connectivity index (χ0) is 25.8. The molecule has 2 aromatic carbocycles. The summed E-state index contributed by atoms with van der Waals surface area (Å²) in [5, 5.41) is 24.7. The fraction of sp³-hybridized carbons (Fsp3) is 0.240. The number of carbonyl (C=O) groups excluding carboxylic acids is 2. The highest BCUT2D eigenvalue weighted by atomic mass is 35.5. The lowest BCUT2D eigenvalue weighted by molar-refractivity contribution is -0.384. The largest absolute Gasteiger partial charge is 0.480 e. The number of nitro benzene ring substituents is 1. The first kappa shape index (κ1) is 24.1. The molecule has 2 amide bonds. The first-order valence-corrected chi connectivity index (χ1v) is 12.3. The molecule has 0 saturated carbocycles. The normalized spacial score (nSPS) is 25.3. The second-order valence-corrected chi connectivity index (χ2v) is 10.7. The van der Waals surface area contributed by atoms with E-state index in [1.165, 1.54) is 35.6 Å². The molecule has 0 spiro atoms. The van der Waals surface area contributed by atoms with E-state index in [0.717, 1.165) is 4.90 Å². The third-order valence-electron chi connectivity index (χ3n) is 6.92. The molecule has 2 aliphatic rings. The van der Waals surface area contributed by atoms with Crippen molar-refractivity contribution in [3.63, 3.8) is 0 Å². The Morgan fingerprint density at radius 1 is 1.14 bits per heavy atom. The number of carbonyl (C=O) groups is 3. The number of nitrogens with one attached hydrogen (secondary N) is 1. The van der Waals surface area contributed by atoms with Gasteiger partial charge in [-0.25, -0.2) is 4.90 Å². The van der Waals surface area contributed by atoms with Crippen LogP contribution in [0, 0.1) is 28.9 Å². The number of nitrogens with zero attached hydrogens (tertiary/aromatic N) is 2. The fourth-order valence-corrected chi connectivity index (χ4v) is 6.45. The van der Waals surface area contributed by atoms with E-state index in [1.807, 2.05) is 0 Å². The van der Waals surface area contributed by atoms with Crippen LogP contribution in [0.25, 0.3) is 0 Å². The Morgan fingerprint density at radius 3 is 2.42 bits per heavy atom. The predicted octanol–water partition coefficient (Wildman–Crippen LogP) is 4.13. The molecule has 184 valence electrons. The van der Waals surface area contributed by atoms with Crippen molar-refractivity contribution in [3.8, 4) is 0 Å². The van der Waals surface area contributed by atoms with Crippen molar-refractivity contribution in [3.05, 3.63) is 91.1 Å². The summed E-state index contributed by atoms with van der Waals surface area (Å²) in [6.45, 7) is 1.78. The van der Waals surface area contributed by atoms with Gasteiger partial charge in [-0.05, 0) is 36.2 Å². The molecule has 0 aliphatic carbocycles. The van der Waals surface area contributed by atoms with E-state index < -0.39 is 46.1 Å². The van der Waals surface area contributed by atoms with Gasteiger partial charge >= 0.3 is 5.97 Å². The topological polar surface area (TPSA) is 130 Å². The first-order valence-electron chi connectivity index (χ1n) is 11.1. The number of hydrogen-bond donors (Lipinski definition) is 2. The summed E-state index contributed by atoms with van der Waals surface area (Å²) in [6.07, 6.45) is -0.155. The van der Waals surface area contributed by atoms with Gasteiger partial charge in [0.25, 0.3) is 5.69 Å². The Bertz CT molecular complexity index is 1410. The lowest BCUT2D eigenvalue weighted by atomic mass is 9.76. The van der Waals surface area contributed by atoms with Crippen LogP contribution >= 0.6 is 22.9 Å². The molecule has 9 nitrogen and oxygen atoms in total. The zero-order valence-corrected chi connectivity index (χ0v) is 20.5. The highest BCUT2D eigenvalue weighted by Gasteiger charge is 2.68. The summed E-state index contributed by atoms with van der Waals surface area (Å²) in [4.78, 5) is 52.8. The number of rotatable bonds is 6. The number of benzene rings is 2. The second-order valence-electron chi connectivity index (χ2n) is 8.94. The average molecular weight is 526 g/mol. The number of aliphatic carboxylic acids is 1. The molecule has 2 N–H and O–H groups in total. The van der Waals surface area contributed by atoms with Crippen LogP contribution in [0.3, 0.4) is 0 Å². The van der Waals surface area contributed by atoms with E-state index in [1.54, 1.807) is 43.3 Å². The number of thiophene rings is 1. The Morgan fingerprint density at radius 2 is 1.83 bits per heavy atom. The highest BCUT2D eigenvalue weighted by Crippen LogP contribution is 2.52. The van der Waals surface area contributed by atoms with Crippen LogP contribution < -0.4 is 10.2 Å². The third-order valence-corrected chi connectivity index (χ3v) is 8.24. The molecule has 3 aromatic rings. The van der Waals surface area contributed by atoms with Crippen LogP contribution in [0.15, 0.2) is 60.7 Å². The molecule has 4 atom stereocenters. The number of aryl methyl sites for hydroxylation is 1. The molecule has 0 radical (unpaired) electrons. The van der Waals surface area contributed by atoms with Crippen LogP contribution in [0.1, 0.15) is 22.0 Å². The summed E-state index contributed by atoms with van der Waals surface area (Å²) < 4.78 is 0.471. The number of amides is 2. The number of halogens is 1. The van der Waals surface area contributed by atoms with Crippen molar-refractivity contribution in [2.24, 2.45) is 11.8 Å². The van der Waals surface area contributed by atoms with E-state index in [4.69, 9.17) is 11.6 Å². The van der Waals surface area contributed by atoms with Gasteiger partial charge in [0.05, 0.1) is 32.8 Å². The quantitative estimate of drug-likeness (QED) is 0.281. The summed E-state index contributed by atoms with van der Waals surface area (Å²) >= 11 is 7.37. The number of hydrogen-bond acceptors (Lipinski definition) is 7. The summed E-state index contributed by atoms with van der Waals surface area (Å²) in [6, 6.07) is 15.1.